The van der Waals surface area contributed by atoms with Crippen LogP contribution in [0.2, 0.25) is 0 Å². The van der Waals surface area contributed by atoms with Crippen molar-refractivity contribution in [1.82, 2.24) is 14.9 Å². The maximum absolute atomic E-state index is 12.2. The zero-order chi connectivity index (χ0) is 15.1. The van der Waals surface area contributed by atoms with Crippen molar-refractivity contribution < 1.29 is 0 Å². The van der Waals surface area contributed by atoms with Gasteiger partial charge in [-0.3, -0.25) is 9.69 Å². The van der Waals surface area contributed by atoms with E-state index in [4.69, 9.17) is 4.98 Å². The number of H-pyrrole nitrogens is 1. The molecule has 1 aliphatic heterocycles. The molecule has 1 N–H and O–H groups in total. The fourth-order valence-electron chi connectivity index (χ4n) is 3.07. The van der Waals surface area contributed by atoms with E-state index >= 15 is 0 Å². The number of benzene rings is 1. The van der Waals surface area contributed by atoms with E-state index in [2.05, 4.69) is 44.0 Å². The van der Waals surface area contributed by atoms with Crippen LogP contribution in [0.5, 0.6) is 0 Å². The van der Waals surface area contributed by atoms with Crippen molar-refractivity contribution in [2.75, 3.05) is 6.54 Å². The third-order valence-electron chi connectivity index (χ3n) is 4.49. The molecule has 5 heteroatoms. The van der Waals surface area contributed by atoms with Gasteiger partial charge in [-0.15, -0.1) is 0 Å². The summed E-state index contributed by atoms with van der Waals surface area (Å²) in [5.41, 5.74) is 3.21. The van der Waals surface area contributed by atoms with E-state index in [1.807, 2.05) is 6.07 Å². The molecule has 4 nitrogen and oxygen atoms in total. The Bertz CT molecular complexity index is 767. The first-order valence-electron chi connectivity index (χ1n) is 7.78. The van der Waals surface area contributed by atoms with Crippen molar-refractivity contribution in [3.05, 3.63) is 61.7 Å². The third-order valence-corrected chi connectivity index (χ3v) is 5.26. The van der Waals surface area contributed by atoms with E-state index in [0.29, 0.717) is 5.92 Å². The summed E-state index contributed by atoms with van der Waals surface area (Å²) in [7, 11) is 0. The first kappa shape index (κ1) is 14.2. The molecule has 0 spiro atoms. The van der Waals surface area contributed by atoms with Gasteiger partial charge in [0.05, 0.1) is 5.69 Å². The van der Waals surface area contributed by atoms with Gasteiger partial charge < -0.3 is 4.98 Å². The van der Waals surface area contributed by atoms with Gasteiger partial charge in [-0.25, -0.2) is 4.98 Å². The Balaban J connectivity index is 1.58. The number of aromatic nitrogens is 2. The maximum atomic E-state index is 12.2. The molecule has 0 unspecified atom stereocenters. The third kappa shape index (κ3) is 2.75. The lowest BCUT2D eigenvalue weighted by Crippen LogP contribution is -2.35. The van der Waals surface area contributed by atoms with Gasteiger partial charge in [0.2, 0.25) is 0 Å². The number of nitrogens with zero attached hydrogens (tertiary/aromatic N) is 2. The van der Waals surface area contributed by atoms with Gasteiger partial charge >= 0.3 is 0 Å². The quantitative estimate of drug-likeness (QED) is 0.916. The molecule has 2 aromatic rings. The molecule has 1 aliphatic carbocycles. The molecule has 0 atom stereocenters. The fraction of sp³-hybridized carbons (Fsp3) is 0.412. The molecule has 4 rings (SSSR count). The number of nitrogens with one attached hydrogen (secondary N) is 1. The van der Waals surface area contributed by atoms with Gasteiger partial charge in [0.1, 0.15) is 5.82 Å². The van der Waals surface area contributed by atoms with E-state index < -0.39 is 0 Å². The molecule has 2 aliphatic rings. The Morgan fingerprint density at radius 1 is 1.32 bits per heavy atom. The topological polar surface area (TPSA) is 49.0 Å². The zero-order valence-corrected chi connectivity index (χ0v) is 13.9. The van der Waals surface area contributed by atoms with Crippen LogP contribution in [-0.4, -0.2) is 21.4 Å². The van der Waals surface area contributed by atoms with Gasteiger partial charge in [-0.2, -0.15) is 0 Å². The highest BCUT2D eigenvalue weighted by Crippen LogP contribution is 2.37. The predicted octanol–water partition coefficient (Wildman–Crippen LogP) is 2.97. The summed E-state index contributed by atoms with van der Waals surface area (Å²) in [6, 6.07) is 8.30. The molecule has 114 valence electrons. The smallest absolute Gasteiger partial charge is 0.254 e. The van der Waals surface area contributed by atoms with Crippen LogP contribution in [0.25, 0.3) is 0 Å². The Hall–Kier alpha value is -1.46. The standard InChI is InChI=1S/C17H18BrN3O/c18-14-4-2-1-3-12(14)9-21-8-7-13-15(10-21)19-16(11-5-6-11)20-17(13)22/h1-4,11H,5-10H2,(H,19,20,22). The van der Waals surface area contributed by atoms with Crippen molar-refractivity contribution in [1.29, 1.82) is 0 Å². The normalized spacial score (nSPS) is 18.2. The van der Waals surface area contributed by atoms with E-state index in [9.17, 15) is 4.79 Å². The number of rotatable bonds is 3. The summed E-state index contributed by atoms with van der Waals surface area (Å²) >= 11 is 3.61. The Morgan fingerprint density at radius 3 is 2.91 bits per heavy atom. The van der Waals surface area contributed by atoms with Crippen LogP contribution in [0.4, 0.5) is 0 Å². The molecule has 2 heterocycles. The number of hydrogen-bond acceptors (Lipinski definition) is 3. The van der Waals surface area contributed by atoms with Gasteiger partial charge in [-0.1, -0.05) is 34.1 Å². The zero-order valence-electron chi connectivity index (χ0n) is 12.3. The molecule has 0 saturated heterocycles. The van der Waals surface area contributed by atoms with Crippen LogP contribution in [0.1, 0.15) is 41.4 Å². The summed E-state index contributed by atoms with van der Waals surface area (Å²) in [4.78, 5) is 22.3. The second kappa shape index (κ2) is 5.63. The number of halogens is 1. The van der Waals surface area contributed by atoms with Crippen LogP contribution in [0, 0.1) is 0 Å². The first-order valence-corrected chi connectivity index (χ1v) is 8.58. The highest BCUT2D eigenvalue weighted by atomic mass is 79.9. The van der Waals surface area contributed by atoms with Crippen molar-refractivity contribution in [3.63, 3.8) is 0 Å². The molecule has 0 bridgehead atoms. The van der Waals surface area contributed by atoms with Crippen molar-refractivity contribution in [2.24, 2.45) is 0 Å². The molecule has 1 saturated carbocycles. The molecule has 22 heavy (non-hydrogen) atoms. The fourth-order valence-corrected chi connectivity index (χ4v) is 3.48. The molecule has 1 fully saturated rings. The van der Waals surface area contributed by atoms with Crippen LogP contribution >= 0.6 is 15.9 Å². The predicted molar refractivity (Wildman–Crippen MR) is 88.8 cm³/mol. The highest BCUT2D eigenvalue weighted by Gasteiger charge is 2.29. The van der Waals surface area contributed by atoms with E-state index in [1.165, 1.54) is 5.56 Å². The van der Waals surface area contributed by atoms with Gasteiger partial charge in [0.25, 0.3) is 5.56 Å². The summed E-state index contributed by atoms with van der Waals surface area (Å²) in [5, 5.41) is 0. The molecular weight excluding hydrogens is 342 g/mol. The largest absolute Gasteiger partial charge is 0.310 e. The van der Waals surface area contributed by atoms with Crippen molar-refractivity contribution >= 4 is 15.9 Å². The van der Waals surface area contributed by atoms with Crippen LogP contribution in [0.15, 0.2) is 33.5 Å². The minimum absolute atomic E-state index is 0.0763. The molecule has 0 amide bonds. The Morgan fingerprint density at radius 2 is 2.14 bits per heavy atom. The van der Waals surface area contributed by atoms with Gasteiger partial charge in [-0.05, 0) is 30.9 Å². The summed E-state index contributed by atoms with van der Waals surface area (Å²) in [6.45, 7) is 2.55. The minimum atomic E-state index is 0.0763. The summed E-state index contributed by atoms with van der Waals surface area (Å²) in [5.74, 6) is 1.38. The number of aromatic amines is 1. The van der Waals surface area contributed by atoms with Gasteiger partial charge in [0.15, 0.2) is 0 Å². The van der Waals surface area contributed by atoms with Gasteiger partial charge in [0, 0.05) is 35.6 Å². The minimum Gasteiger partial charge on any atom is -0.310 e. The lowest BCUT2D eigenvalue weighted by atomic mass is 10.1. The van der Waals surface area contributed by atoms with Crippen LogP contribution in [0.3, 0.4) is 0 Å². The van der Waals surface area contributed by atoms with Crippen molar-refractivity contribution in [3.8, 4) is 0 Å². The van der Waals surface area contributed by atoms with Crippen LogP contribution in [-0.2, 0) is 19.5 Å². The second-order valence-corrected chi connectivity index (χ2v) is 7.06. The number of fused-ring (bicyclic) bond motifs is 1. The highest BCUT2D eigenvalue weighted by molar-refractivity contribution is 9.10. The molecular formula is C17H18BrN3O. The average molecular weight is 360 g/mol. The first-order chi connectivity index (χ1) is 10.7. The average Bonchev–Trinajstić information content (AvgIpc) is 3.34. The molecule has 0 radical (unpaired) electrons. The molecule has 1 aromatic carbocycles. The lowest BCUT2D eigenvalue weighted by molar-refractivity contribution is 0.239. The van der Waals surface area contributed by atoms with Crippen LogP contribution < -0.4 is 5.56 Å². The second-order valence-electron chi connectivity index (χ2n) is 6.20. The lowest BCUT2D eigenvalue weighted by Gasteiger charge is -2.28. The SMILES string of the molecule is O=c1[nH]c(C2CC2)nc2c1CCN(Cc1ccccc1Br)C2. The Labute approximate surface area is 137 Å². The summed E-state index contributed by atoms with van der Waals surface area (Å²) < 4.78 is 1.14. The van der Waals surface area contributed by atoms with Crippen molar-refractivity contribution in [2.45, 2.75) is 38.3 Å². The van der Waals surface area contributed by atoms with E-state index in [0.717, 1.165) is 60.5 Å². The monoisotopic (exact) mass is 359 g/mol. The van der Waals surface area contributed by atoms with E-state index in [1.54, 1.807) is 0 Å². The Kier molecular flexibility index (Phi) is 3.62. The number of hydrogen-bond donors (Lipinski definition) is 1. The molecule has 1 aromatic heterocycles. The maximum Gasteiger partial charge on any atom is 0.254 e. The van der Waals surface area contributed by atoms with E-state index in [-0.39, 0.29) is 5.56 Å². The summed E-state index contributed by atoms with van der Waals surface area (Å²) in [6.07, 6.45) is 3.10.